The van der Waals surface area contributed by atoms with Gasteiger partial charge in [-0.05, 0) is 154 Å². The predicted octanol–water partition coefficient (Wildman–Crippen LogP) is 14.4. The second-order valence-electron chi connectivity index (χ2n) is 23.2. The maximum atomic E-state index is 2.77. The van der Waals surface area contributed by atoms with E-state index in [2.05, 4.69) is 220 Å². The second kappa shape index (κ2) is 14.1. The average Bonchev–Trinajstić information content (AvgIpc) is 3.29. The molecule has 3 aliphatic heterocycles. The van der Waals surface area contributed by atoms with Crippen molar-refractivity contribution in [3.05, 3.63) is 149 Å². The van der Waals surface area contributed by atoms with E-state index in [1.807, 2.05) is 0 Å². The van der Waals surface area contributed by atoms with Gasteiger partial charge in [0.1, 0.15) is 0 Å². The maximum Gasteiger partial charge on any atom is 0.252 e. The number of aryl methyl sites for hydroxylation is 2. The van der Waals surface area contributed by atoms with E-state index in [1.54, 1.807) is 0 Å². The summed E-state index contributed by atoms with van der Waals surface area (Å²) in [5, 5.41) is 0. The van der Waals surface area contributed by atoms with Crippen LogP contribution in [0.4, 0.5) is 45.5 Å². The van der Waals surface area contributed by atoms with Crippen molar-refractivity contribution in [3.8, 4) is 0 Å². The lowest BCUT2D eigenvalue weighted by atomic mass is 9.33. The van der Waals surface area contributed by atoms with E-state index < -0.39 is 0 Å². The molecule has 0 bridgehead atoms. The Hall–Kier alpha value is -5.22. The van der Waals surface area contributed by atoms with Gasteiger partial charge < -0.3 is 14.7 Å². The van der Waals surface area contributed by atoms with E-state index in [-0.39, 0.29) is 33.9 Å². The number of hydrogen-bond donors (Lipinski definition) is 0. The molecule has 3 heterocycles. The lowest BCUT2D eigenvalue weighted by molar-refractivity contribution is 0.261. The molecule has 6 aromatic rings. The fourth-order valence-corrected chi connectivity index (χ4v) is 12.0. The first-order valence-corrected chi connectivity index (χ1v) is 23.9. The number of hydrogen-bond acceptors (Lipinski definition) is 3. The highest BCUT2D eigenvalue weighted by Crippen LogP contribution is 2.60. The zero-order valence-electron chi connectivity index (χ0n) is 40.4. The number of benzene rings is 6. The summed E-state index contributed by atoms with van der Waals surface area (Å²) >= 11 is 0. The summed E-state index contributed by atoms with van der Waals surface area (Å²) in [5.74, 6) is 0. The van der Waals surface area contributed by atoms with Crippen LogP contribution in [0.2, 0.25) is 0 Å². The molecule has 2 unspecified atom stereocenters. The minimum Gasteiger partial charge on any atom is -0.334 e. The van der Waals surface area contributed by atoms with Gasteiger partial charge in [0.25, 0.3) is 6.71 Å². The van der Waals surface area contributed by atoms with Crippen LogP contribution in [-0.4, -0.2) is 12.3 Å². The molecule has 4 heteroatoms. The van der Waals surface area contributed by atoms with Gasteiger partial charge in [-0.25, -0.2) is 0 Å². The maximum absolute atomic E-state index is 2.77. The summed E-state index contributed by atoms with van der Waals surface area (Å²) in [6.07, 6.45) is 6.23. The van der Waals surface area contributed by atoms with E-state index in [1.165, 1.54) is 127 Å². The van der Waals surface area contributed by atoms with Crippen LogP contribution in [-0.2, 0) is 21.7 Å². The summed E-state index contributed by atoms with van der Waals surface area (Å²) < 4.78 is 0. The number of rotatable bonds is 3. The minimum atomic E-state index is -0.0448. The third-order valence-corrected chi connectivity index (χ3v) is 15.9. The molecule has 322 valence electrons. The van der Waals surface area contributed by atoms with Gasteiger partial charge in [0.05, 0.1) is 5.54 Å². The van der Waals surface area contributed by atoms with E-state index >= 15 is 0 Å². The number of nitrogens with zero attached hydrogens (tertiary/aromatic N) is 3. The van der Waals surface area contributed by atoms with E-state index in [0.717, 1.165) is 0 Å². The molecule has 10 rings (SSSR count). The van der Waals surface area contributed by atoms with Crippen molar-refractivity contribution in [1.82, 2.24) is 0 Å². The summed E-state index contributed by atoms with van der Waals surface area (Å²) in [6.45, 7) is 30.7. The number of anilines is 8. The fraction of sp³-hybridized carbons (Fsp3) is 0.390. The quantitative estimate of drug-likeness (QED) is 0.164. The molecule has 2 atom stereocenters. The van der Waals surface area contributed by atoms with Crippen molar-refractivity contribution in [3.63, 3.8) is 0 Å². The molecule has 0 saturated heterocycles. The Kier molecular flexibility index (Phi) is 9.38. The van der Waals surface area contributed by atoms with Crippen LogP contribution >= 0.6 is 0 Å². The van der Waals surface area contributed by atoms with Crippen LogP contribution in [0, 0.1) is 13.8 Å². The zero-order chi connectivity index (χ0) is 44.6. The Balaban J connectivity index is 1.26. The van der Waals surface area contributed by atoms with Gasteiger partial charge in [0.15, 0.2) is 0 Å². The number of fused-ring (bicyclic) bond motifs is 7. The first-order chi connectivity index (χ1) is 29.7. The third-order valence-electron chi connectivity index (χ3n) is 15.9. The van der Waals surface area contributed by atoms with E-state index in [9.17, 15) is 0 Å². The van der Waals surface area contributed by atoms with Crippen LogP contribution in [0.1, 0.15) is 142 Å². The summed E-state index contributed by atoms with van der Waals surface area (Å²) in [4.78, 5) is 7.99. The van der Waals surface area contributed by atoms with Crippen molar-refractivity contribution >= 4 is 68.6 Å². The van der Waals surface area contributed by atoms with Crippen molar-refractivity contribution in [2.45, 2.75) is 149 Å². The van der Waals surface area contributed by atoms with Gasteiger partial charge in [-0.2, -0.15) is 0 Å². The Bertz CT molecular complexity index is 2800. The molecule has 0 amide bonds. The molecule has 0 aromatic heterocycles. The van der Waals surface area contributed by atoms with Crippen LogP contribution in [0.25, 0.3) is 0 Å². The highest BCUT2D eigenvalue weighted by Gasteiger charge is 2.57. The number of para-hydroxylation sites is 1. The van der Waals surface area contributed by atoms with Crippen molar-refractivity contribution in [2.24, 2.45) is 0 Å². The van der Waals surface area contributed by atoms with Crippen molar-refractivity contribution < 1.29 is 0 Å². The SMILES string of the molecule is Cc1cc2c3c(c1)N(c1ccc(C(C)(C)C)cc1C)c1ccc(C(C)(C)C)cc1B3c1ccc(N3c4ccccc4C4(C)CCCCCC34C)cc1N2c1ccc(C(C)(C)C)cc1. The molecule has 6 aromatic carbocycles. The Morgan fingerprint density at radius 2 is 1.06 bits per heavy atom. The molecule has 63 heavy (non-hydrogen) atoms. The average molecular weight is 830 g/mol. The highest BCUT2D eigenvalue weighted by molar-refractivity contribution is 7.00. The van der Waals surface area contributed by atoms with Crippen LogP contribution in [0.15, 0.2) is 115 Å². The zero-order valence-corrected chi connectivity index (χ0v) is 40.4. The van der Waals surface area contributed by atoms with Gasteiger partial charge in [0.2, 0.25) is 0 Å². The third kappa shape index (κ3) is 6.35. The van der Waals surface area contributed by atoms with Crippen LogP contribution < -0.4 is 31.1 Å². The first-order valence-electron chi connectivity index (χ1n) is 23.9. The molecule has 1 saturated carbocycles. The highest BCUT2D eigenvalue weighted by atomic mass is 15.3. The monoisotopic (exact) mass is 830 g/mol. The first kappa shape index (κ1) is 41.8. The standard InChI is InChI=1S/C59H68BN3/c1-38-33-52-54-53(34-38)62(48-29-23-41(35-39(48)2)56(6,7)8)50-30-24-42(57(9,10)11)36-47(50)60(54)46-28-27-44(37-51(46)61(52)43-25-21-40(22-26-43)55(3,4)5)63-49-20-16-15-19-45(49)58(12)31-17-14-18-32-59(58,63)13/h15-16,19-30,33-37H,14,17-18,31-32H2,1-13H3. The smallest absolute Gasteiger partial charge is 0.252 e. The lowest BCUT2D eigenvalue weighted by Crippen LogP contribution is -2.61. The lowest BCUT2D eigenvalue weighted by Gasteiger charge is -2.48. The summed E-state index contributed by atoms with van der Waals surface area (Å²) in [5.41, 5.74) is 22.6. The van der Waals surface area contributed by atoms with Crippen molar-refractivity contribution in [1.29, 1.82) is 0 Å². The van der Waals surface area contributed by atoms with Gasteiger partial charge >= 0.3 is 0 Å². The molecule has 4 aliphatic rings. The topological polar surface area (TPSA) is 9.72 Å². The molecular weight excluding hydrogens is 761 g/mol. The molecule has 0 N–H and O–H groups in total. The summed E-state index contributed by atoms with van der Waals surface area (Å²) in [6, 6.07) is 45.8. The van der Waals surface area contributed by atoms with E-state index in [0.29, 0.717) is 0 Å². The second-order valence-corrected chi connectivity index (χ2v) is 23.2. The Morgan fingerprint density at radius 3 is 1.73 bits per heavy atom. The van der Waals surface area contributed by atoms with E-state index in [4.69, 9.17) is 0 Å². The fourth-order valence-electron chi connectivity index (χ4n) is 12.0. The minimum absolute atomic E-state index is 0.00729. The van der Waals surface area contributed by atoms with Crippen LogP contribution in [0.5, 0.6) is 0 Å². The molecule has 3 nitrogen and oxygen atoms in total. The normalized spacial score (nSPS) is 20.5. The van der Waals surface area contributed by atoms with Gasteiger partial charge in [-0.15, -0.1) is 0 Å². The van der Waals surface area contributed by atoms with Gasteiger partial charge in [-0.3, -0.25) is 0 Å². The largest absolute Gasteiger partial charge is 0.334 e. The Labute approximate surface area is 379 Å². The molecule has 0 spiro atoms. The van der Waals surface area contributed by atoms with Gasteiger partial charge in [-0.1, -0.05) is 149 Å². The van der Waals surface area contributed by atoms with Gasteiger partial charge in [0, 0.05) is 50.9 Å². The van der Waals surface area contributed by atoms with Crippen molar-refractivity contribution in [2.75, 3.05) is 14.7 Å². The Morgan fingerprint density at radius 1 is 0.476 bits per heavy atom. The molecule has 1 aliphatic carbocycles. The van der Waals surface area contributed by atoms with Crippen LogP contribution in [0.3, 0.4) is 0 Å². The molecular formula is C59H68BN3. The molecule has 0 radical (unpaired) electrons. The molecule has 1 fully saturated rings. The summed E-state index contributed by atoms with van der Waals surface area (Å²) in [7, 11) is 0. The predicted molar refractivity (Wildman–Crippen MR) is 273 cm³/mol.